The molecule has 0 aromatic heterocycles. The number of methoxy groups -OCH3 is 1. The van der Waals surface area contributed by atoms with Gasteiger partial charge in [-0.1, -0.05) is 40.2 Å². The van der Waals surface area contributed by atoms with Crippen molar-refractivity contribution in [2.75, 3.05) is 7.11 Å². The van der Waals surface area contributed by atoms with Gasteiger partial charge < -0.3 is 9.84 Å². The molecule has 2 aromatic rings. The Kier molecular flexibility index (Phi) is 5.24. The highest BCUT2D eigenvalue weighted by molar-refractivity contribution is 9.10. The van der Waals surface area contributed by atoms with Crippen molar-refractivity contribution in [1.29, 1.82) is 0 Å². The van der Waals surface area contributed by atoms with Crippen LogP contribution in [0.1, 0.15) is 22.8 Å². The lowest BCUT2D eigenvalue weighted by Crippen LogP contribution is -2.03. The van der Waals surface area contributed by atoms with Gasteiger partial charge in [0.1, 0.15) is 5.75 Å². The normalized spacial score (nSPS) is 12.2. The van der Waals surface area contributed by atoms with Gasteiger partial charge in [-0.15, -0.1) is 0 Å². The molecule has 2 rings (SSSR count). The minimum absolute atomic E-state index is 0.537. The van der Waals surface area contributed by atoms with Crippen molar-refractivity contribution in [3.63, 3.8) is 0 Å². The highest BCUT2D eigenvalue weighted by atomic mass is 79.9. The Labute approximate surface area is 136 Å². The van der Waals surface area contributed by atoms with E-state index in [4.69, 9.17) is 4.74 Å². The largest absolute Gasteiger partial charge is 0.496 e. The van der Waals surface area contributed by atoms with Crippen molar-refractivity contribution in [3.05, 3.63) is 62.0 Å². The van der Waals surface area contributed by atoms with Gasteiger partial charge in [0, 0.05) is 10.9 Å². The predicted octanol–water partition coefficient (Wildman–Crippen LogP) is 4.80. The Morgan fingerprint density at radius 1 is 1.20 bits per heavy atom. The van der Waals surface area contributed by atoms with Crippen molar-refractivity contribution >= 4 is 31.9 Å². The molecule has 0 aliphatic carbocycles. The predicted molar refractivity (Wildman–Crippen MR) is 88.2 cm³/mol. The van der Waals surface area contributed by atoms with E-state index in [1.54, 1.807) is 7.11 Å². The first kappa shape index (κ1) is 15.5. The lowest BCUT2D eigenvalue weighted by Gasteiger charge is -2.15. The molecule has 0 bridgehead atoms. The van der Waals surface area contributed by atoms with E-state index in [-0.39, 0.29) is 0 Å². The molecule has 0 radical (unpaired) electrons. The fourth-order valence-corrected chi connectivity index (χ4v) is 3.21. The summed E-state index contributed by atoms with van der Waals surface area (Å²) in [5, 5.41) is 10.4. The average molecular weight is 400 g/mol. The fourth-order valence-electron chi connectivity index (χ4n) is 2.10. The number of aliphatic hydroxyl groups excluding tert-OH is 1. The van der Waals surface area contributed by atoms with E-state index in [2.05, 4.69) is 31.9 Å². The van der Waals surface area contributed by atoms with E-state index in [0.717, 1.165) is 31.4 Å². The van der Waals surface area contributed by atoms with Crippen molar-refractivity contribution in [2.45, 2.75) is 19.4 Å². The van der Waals surface area contributed by atoms with Crippen LogP contribution >= 0.6 is 31.9 Å². The summed E-state index contributed by atoms with van der Waals surface area (Å²) in [6.07, 6.45) is 0.0227. The molecule has 0 heterocycles. The second-order valence-electron chi connectivity index (χ2n) is 4.67. The van der Waals surface area contributed by atoms with Crippen LogP contribution in [0.25, 0.3) is 0 Å². The fraction of sp³-hybridized carbons (Fsp3) is 0.250. The molecule has 0 saturated carbocycles. The smallest absolute Gasteiger partial charge is 0.133 e. The number of hydrogen-bond acceptors (Lipinski definition) is 2. The highest BCUT2D eigenvalue weighted by Crippen LogP contribution is 2.31. The van der Waals surface area contributed by atoms with Crippen LogP contribution in [-0.4, -0.2) is 12.2 Å². The second kappa shape index (κ2) is 6.74. The summed E-state index contributed by atoms with van der Waals surface area (Å²) in [5.41, 5.74) is 3.09. The maximum Gasteiger partial charge on any atom is 0.133 e. The van der Waals surface area contributed by atoms with Crippen LogP contribution in [-0.2, 0) is 6.42 Å². The molecule has 0 aliphatic heterocycles. The highest BCUT2D eigenvalue weighted by Gasteiger charge is 2.14. The molecular weight excluding hydrogens is 384 g/mol. The summed E-state index contributed by atoms with van der Waals surface area (Å²) in [6, 6.07) is 11.8. The van der Waals surface area contributed by atoms with Gasteiger partial charge in [0.25, 0.3) is 0 Å². The number of aryl methyl sites for hydroxylation is 1. The van der Waals surface area contributed by atoms with Crippen molar-refractivity contribution in [1.82, 2.24) is 0 Å². The SMILES string of the molecule is COc1ccc(CC(O)c2cccc(C)c2Br)cc1Br. The van der Waals surface area contributed by atoms with Gasteiger partial charge in [0.2, 0.25) is 0 Å². The molecule has 0 spiro atoms. The molecule has 2 aromatic carbocycles. The zero-order valence-electron chi connectivity index (χ0n) is 11.4. The second-order valence-corrected chi connectivity index (χ2v) is 6.31. The third kappa shape index (κ3) is 3.43. The van der Waals surface area contributed by atoms with Crippen molar-refractivity contribution in [2.24, 2.45) is 0 Å². The van der Waals surface area contributed by atoms with E-state index >= 15 is 0 Å². The molecular formula is C16H16Br2O2. The Hall–Kier alpha value is -0.840. The van der Waals surface area contributed by atoms with Crippen LogP contribution < -0.4 is 4.74 Å². The number of aliphatic hydroxyl groups is 1. The van der Waals surface area contributed by atoms with Crippen LogP contribution in [0.4, 0.5) is 0 Å². The maximum absolute atomic E-state index is 10.4. The van der Waals surface area contributed by atoms with Crippen LogP contribution in [0.2, 0.25) is 0 Å². The van der Waals surface area contributed by atoms with Gasteiger partial charge in [0.05, 0.1) is 17.7 Å². The molecule has 0 amide bonds. The number of rotatable bonds is 4. The summed E-state index contributed by atoms with van der Waals surface area (Å²) in [5.74, 6) is 0.792. The first-order valence-corrected chi connectivity index (χ1v) is 7.87. The molecule has 2 nitrogen and oxygen atoms in total. The van der Waals surface area contributed by atoms with E-state index in [9.17, 15) is 5.11 Å². The van der Waals surface area contributed by atoms with Gasteiger partial charge in [-0.3, -0.25) is 0 Å². The lowest BCUT2D eigenvalue weighted by atomic mass is 10.00. The third-order valence-electron chi connectivity index (χ3n) is 3.23. The van der Waals surface area contributed by atoms with Crippen molar-refractivity contribution < 1.29 is 9.84 Å². The molecule has 0 fully saturated rings. The van der Waals surface area contributed by atoms with Gasteiger partial charge in [-0.2, -0.15) is 0 Å². The molecule has 1 atom stereocenters. The first-order valence-electron chi connectivity index (χ1n) is 6.28. The molecule has 20 heavy (non-hydrogen) atoms. The number of benzene rings is 2. The summed E-state index contributed by atoms with van der Waals surface area (Å²) in [4.78, 5) is 0. The summed E-state index contributed by atoms with van der Waals surface area (Å²) in [7, 11) is 1.64. The zero-order chi connectivity index (χ0) is 14.7. The Morgan fingerprint density at radius 2 is 1.95 bits per heavy atom. The number of halogens is 2. The van der Waals surface area contributed by atoms with Gasteiger partial charge in [-0.05, 0) is 51.7 Å². The molecule has 0 aliphatic rings. The summed E-state index contributed by atoms with van der Waals surface area (Å²) < 4.78 is 7.08. The van der Waals surface area contributed by atoms with Crippen LogP contribution in [0, 0.1) is 6.92 Å². The Morgan fingerprint density at radius 3 is 2.60 bits per heavy atom. The topological polar surface area (TPSA) is 29.5 Å². The van der Waals surface area contributed by atoms with E-state index in [1.165, 1.54) is 0 Å². The Bertz CT molecular complexity index is 611. The minimum atomic E-state index is -0.537. The number of hydrogen-bond donors (Lipinski definition) is 1. The average Bonchev–Trinajstić information content (AvgIpc) is 2.42. The lowest BCUT2D eigenvalue weighted by molar-refractivity contribution is 0.177. The van der Waals surface area contributed by atoms with Crippen LogP contribution in [0.5, 0.6) is 5.75 Å². The van der Waals surface area contributed by atoms with E-state index in [1.807, 2.05) is 43.3 Å². The summed E-state index contributed by atoms with van der Waals surface area (Å²) >= 11 is 7.01. The monoisotopic (exact) mass is 398 g/mol. The van der Waals surface area contributed by atoms with Crippen LogP contribution in [0.15, 0.2) is 45.3 Å². The molecule has 0 saturated heterocycles. The number of ether oxygens (including phenoxy) is 1. The van der Waals surface area contributed by atoms with Gasteiger partial charge in [0.15, 0.2) is 0 Å². The van der Waals surface area contributed by atoms with Gasteiger partial charge >= 0.3 is 0 Å². The first-order chi connectivity index (χ1) is 9.52. The van der Waals surface area contributed by atoms with E-state index in [0.29, 0.717) is 6.42 Å². The molecule has 1 unspecified atom stereocenters. The third-order valence-corrected chi connectivity index (χ3v) is 4.93. The zero-order valence-corrected chi connectivity index (χ0v) is 14.5. The quantitative estimate of drug-likeness (QED) is 0.799. The molecule has 106 valence electrons. The molecule has 4 heteroatoms. The van der Waals surface area contributed by atoms with Crippen molar-refractivity contribution in [3.8, 4) is 5.75 Å². The Balaban J connectivity index is 2.21. The standard InChI is InChI=1S/C16H16Br2O2/c1-10-4-3-5-12(16(10)18)14(19)9-11-6-7-15(20-2)13(17)8-11/h3-8,14,19H,9H2,1-2H3. The van der Waals surface area contributed by atoms with Gasteiger partial charge in [-0.25, -0.2) is 0 Å². The molecule has 1 N–H and O–H groups in total. The minimum Gasteiger partial charge on any atom is -0.496 e. The van der Waals surface area contributed by atoms with E-state index < -0.39 is 6.10 Å². The maximum atomic E-state index is 10.4. The van der Waals surface area contributed by atoms with Crippen LogP contribution in [0.3, 0.4) is 0 Å². The summed E-state index contributed by atoms with van der Waals surface area (Å²) in [6.45, 7) is 2.02.